The second-order valence-corrected chi connectivity index (χ2v) is 7.12. The largest absolute Gasteiger partial charge is 0.378 e. The van der Waals surface area contributed by atoms with Gasteiger partial charge < -0.3 is 15.0 Å². The van der Waals surface area contributed by atoms with Crippen LogP contribution in [0.15, 0.2) is 24.5 Å². The minimum Gasteiger partial charge on any atom is -0.378 e. The molecule has 0 aromatic carbocycles. The van der Waals surface area contributed by atoms with Crippen LogP contribution in [0, 0.1) is 0 Å². The number of morpholine rings is 1. The Labute approximate surface area is 157 Å². The first kappa shape index (κ1) is 16.4. The summed E-state index contributed by atoms with van der Waals surface area (Å²) in [5, 5.41) is 11.8. The molecule has 27 heavy (non-hydrogen) atoms. The van der Waals surface area contributed by atoms with Crippen LogP contribution >= 0.6 is 0 Å². The van der Waals surface area contributed by atoms with Gasteiger partial charge in [-0.3, -0.25) is 10.1 Å². The number of aromatic amines is 1. The molecule has 0 radical (unpaired) electrons. The molecule has 2 fully saturated rings. The fourth-order valence-electron chi connectivity index (χ4n) is 3.91. The van der Waals surface area contributed by atoms with Gasteiger partial charge in [0.05, 0.1) is 18.9 Å². The summed E-state index contributed by atoms with van der Waals surface area (Å²) in [7, 11) is 0. The monoisotopic (exact) mass is 365 g/mol. The topological polar surface area (TPSA) is 91.9 Å². The Balaban J connectivity index is 1.64. The number of H-pyrrole nitrogens is 1. The predicted octanol–water partition coefficient (Wildman–Crippen LogP) is 2.61. The molecule has 8 nitrogen and oxygen atoms in total. The average molecular weight is 365 g/mol. The molecular formula is C19H23N7O. The van der Waals surface area contributed by atoms with Gasteiger partial charge in [-0.2, -0.15) is 10.1 Å². The van der Waals surface area contributed by atoms with Gasteiger partial charge in [0, 0.05) is 36.9 Å². The van der Waals surface area contributed by atoms with Crippen LogP contribution in [-0.4, -0.2) is 57.5 Å². The number of nitrogens with one attached hydrogen (secondary N) is 2. The van der Waals surface area contributed by atoms with Gasteiger partial charge in [-0.05, 0) is 25.0 Å². The Bertz CT molecular complexity index is 915. The van der Waals surface area contributed by atoms with E-state index in [1.54, 1.807) is 6.20 Å². The molecule has 0 bridgehead atoms. The number of aromatic nitrogens is 5. The molecule has 0 spiro atoms. The summed E-state index contributed by atoms with van der Waals surface area (Å²) in [6.07, 6.45) is 8.48. The highest BCUT2D eigenvalue weighted by atomic mass is 16.5. The van der Waals surface area contributed by atoms with Crippen LogP contribution in [0.4, 0.5) is 11.8 Å². The highest BCUT2D eigenvalue weighted by molar-refractivity contribution is 5.97. The molecule has 0 amide bonds. The highest BCUT2D eigenvalue weighted by Gasteiger charge is 2.22. The number of nitrogens with zero attached hydrogens (tertiary/aromatic N) is 5. The van der Waals surface area contributed by atoms with Crippen LogP contribution < -0.4 is 10.2 Å². The Hall–Kier alpha value is -2.74. The zero-order valence-electron chi connectivity index (χ0n) is 15.2. The van der Waals surface area contributed by atoms with Crippen molar-refractivity contribution in [3.63, 3.8) is 0 Å². The molecule has 140 valence electrons. The highest BCUT2D eigenvalue weighted by Crippen LogP contribution is 2.31. The first-order chi connectivity index (χ1) is 13.4. The SMILES string of the molecule is c1cc(-c2nccc3c(NC4CCCC4)nc(N4CCOCC4)nc23)[nH]n1. The summed E-state index contributed by atoms with van der Waals surface area (Å²) in [5.41, 5.74) is 2.51. The van der Waals surface area contributed by atoms with E-state index in [0.29, 0.717) is 19.3 Å². The summed E-state index contributed by atoms with van der Waals surface area (Å²) in [6, 6.07) is 4.39. The van der Waals surface area contributed by atoms with Gasteiger partial charge >= 0.3 is 0 Å². The fourth-order valence-corrected chi connectivity index (χ4v) is 3.91. The summed E-state index contributed by atoms with van der Waals surface area (Å²) >= 11 is 0. The van der Waals surface area contributed by atoms with Crippen LogP contribution in [0.5, 0.6) is 0 Å². The lowest BCUT2D eigenvalue weighted by molar-refractivity contribution is 0.122. The molecule has 0 atom stereocenters. The van der Waals surface area contributed by atoms with Crippen LogP contribution in [0.1, 0.15) is 25.7 Å². The lowest BCUT2D eigenvalue weighted by Gasteiger charge is -2.28. The lowest BCUT2D eigenvalue weighted by Crippen LogP contribution is -2.37. The maximum atomic E-state index is 5.49. The summed E-state index contributed by atoms with van der Waals surface area (Å²) in [5.74, 6) is 1.64. The van der Waals surface area contributed by atoms with Crippen molar-refractivity contribution in [3.05, 3.63) is 24.5 Å². The standard InChI is InChI=1S/C19H23N7O/c1-2-4-13(3-1)22-18-14-5-7-20-17(15-6-8-21-25-15)16(14)23-19(24-18)26-9-11-27-12-10-26/h5-8,13H,1-4,9-12H2,(H,21,25)(H,22,23,24). The number of hydrogen-bond donors (Lipinski definition) is 2. The fraction of sp³-hybridized carbons (Fsp3) is 0.474. The van der Waals surface area contributed by atoms with Crippen LogP contribution in [-0.2, 0) is 4.74 Å². The Morgan fingerprint density at radius 3 is 2.70 bits per heavy atom. The van der Waals surface area contributed by atoms with E-state index in [9.17, 15) is 0 Å². The number of hydrogen-bond acceptors (Lipinski definition) is 7. The van der Waals surface area contributed by atoms with Gasteiger partial charge in [-0.1, -0.05) is 12.8 Å². The van der Waals surface area contributed by atoms with Crippen molar-refractivity contribution in [1.29, 1.82) is 0 Å². The molecule has 1 aliphatic heterocycles. The van der Waals surface area contributed by atoms with Crippen LogP contribution in [0.3, 0.4) is 0 Å². The number of fused-ring (bicyclic) bond motifs is 1. The lowest BCUT2D eigenvalue weighted by atomic mass is 10.1. The van der Waals surface area contributed by atoms with E-state index in [-0.39, 0.29) is 0 Å². The van der Waals surface area contributed by atoms with Crippen molar-refractivity contribution in [2.75, 3.05) is 36.5 Å². The third-order valence-electron chi connectivity index (χ3n) is 5.35. The Morgan fingerprint density at radius 1 is 1.07 bits per heavy atom. The van der Waals surface area contributed by atoms with Gasteiger partial charge in [0.1, 0.15) is 17.0 Å². The summed E-state index contributed by atoms with van der Waals surface area (Å²) in [4.78, 5) is 16.6. The normalized spacial score (nSPS) is 18.3. The van der Waals surface area contributed by atoms with E-state index in [0.717, 1.165) is 47.1 Å². The molecule has 5 rings (SSSR count). The van der Waals surface area contributed by atoms with Gasteiger partial charge in [-0.25, -0.2) is 4.98 Å². The van der Waals surface area contributed by atoms with E-state index in [1.165, 1.54) is 25.7 Å². The first-order valence-electron chi connectivity index (χ1n) is 9.64. The molecule has 3 aromatic heterocycles. The van der Waals surface area contributed by atoms with Crippen molar-refractivity contribution in [3.8, 4) is 11.4 Å². The van der Waals surface area contributed by atoms with Crippen molar-refractivity contribution in [1.82, 2.24) is 25.1 Å². The Morgan fingerprint density at radius 2 is 1.93 bits per heavy atom. The van der Waals surface area contributed by atoms with Crippen LogP contribution in [0.25, 0.3) is 22.3 Å². The van der Waals surface area contributed by atoms with Crippen LogP contribution in [0.2, 0.25) is 0 Å². The molecule has 1 saturated carbocycles. The van der Waals surface area contributed by atoms with E-state index < -0.39 is 0 Å². The number of rotatable bonds is 4. The molecule has 1 aliphatic carbocycles. The smallest absolute Gasteiger partial charge is 0.228 e. The first-order valence-corrected chi connectivity index (χ1v) is 9.64. The predicted molar refractivity (Wildman–Crippen MR) is 104 cm³/mol. The second kappa shape index (κ2) is 7.11. The summed E-state index contributed by atoms with van der Waals surface area (Å²) < 4.78 is 5.49. The number of ether oxygens (including phenoxy) is 1. The van der Waals surface area contributed by atoms with E-state index >= 15 is 0 Å². The molecular weight excluding hydrogens is 342 g/mol. The van der Waals surface area contributed by atoms with Gasteiger partial charge in [0.15, 0.2) is 0 Å². The maximum Gasteiger partial charge on any atom is 0.228 e. The van der Waals surface area contributed by atoms with E-state index in [2.05, 4.69) is 25.4 Å². The zero-order chi connectivity index (χ0) is 18.1. The molecule has 8 heteroatoms. The van der Waals surface area contributed by atoms with Crippen molar-refractivity contribution < 1.29 is 4.74 Å². The number of pyridine rings is 1. The quantitative estimate of drug-likeness (QED) is 0.734. The van der Waals surface area contributed by atoms with E-state index in [4.69, 9.17) is 14.7 Å². The third kappa shape index (κ3) is 3.21. The number of anilines is 2. The molecule has 2 aliphatic rings. The Kier molecular flexibility index (Phi) is 4.33. The molecule has 1 saturated heterocycles. The average Bonchev–Trinajstić information content (AvgIpc) is 3.42. The van der Waals surface area contributed by atoms with Gasteiger partial charge in [0.2, 0.25) is 5.95 Å². The third-order valence-corrected chi connectivity index (χ3v) is 5.35. The van der Waals surface area contributed by atoms with Crippen molar-refractivity contribution >= 4 is 22.7 Å². The van der Waals surface area contributed by atoms with Crippen molar-refractivity contribution in [2.45, 2.75) is 31.7 Å². The molecule has 2 N–H and O–H groups in total. The minimum absolute atomic E-state index is 0.476. The molecule has 4 heterocycles. The molecule has 3 aromatic rings. The second-order valence-electron chi connectivity index (χ2n) is 7.12. The minimum atomic E-state index is 0.476. The van der Waals surface area contributed by atoms with Crippen molar-refractivity contribution in [2.24, 2.45) is 0 Å². The summed E-state index contributed by atoms with van der Waals surface area (Å²) in [6.45, 7) is 3.00. The van der Waals surface area contributed by atoms with Gasteiger partial charge in [-0.15, -0.1) is 0 Å². The molecule has 0 unspecified atom stereocenters. The zero-order valence-corrected chi connectivity index (χ0v) is 15.2. The van der Waals surface area contributed by atoms with Gasteiger partial charge in [0.25, 0.3) is 0 Å². The van der Waals surface area contributed by atoms with E-state index in [1.807, 2.05) is 18.3 Å². The maximum absolute atomic E-state index is 5.49.